The second kappa shape index (κ2) is 14.8. The Bertz CT molecular complexity index is 1480. The number of hydrogen-bond donors (Lipinski definition) is 0. The molecule has 1 aliphatic carbocycles. The van der Waals surface area contributed by atoms with E-state index in [-0.39, 0.29) is 50.0 Å². The molecule has 229 valence electrons. The molecule has 0 spiro atoms. The molecule has 0 unspecified atom stereocenters. The van der Waals surface area contributed by atoms with Gasteiger partial charge in [0.15, 0.2) is 0 Å². The number of likely N-dealkylation sites (tertiary alicyclic amines) is 1. The molecule has 2 aliphatic heterocycles. The Balaban J connectivity index is 0.00000124. The maximum Gasteiger partial charge on any atom is 2.00 e. The van der Waals surface area contributed by atoms with Crippen molar-refractivity contribution in [3.63, 3.8) is 0 Å². The molecular weight excluding hydrogens is 777 g/mol. The van der Waals surface area contributed by atoms with Crippen molar-refractivity contribution in [3.8, 4) is 5.69 Å². The van der Waals surface area contributed by atoms with Crippen LogP contribution in [0.1, 0.15) is 76.0 Å². The number of alkyl halides is 3. The van der Waals surface area contributed by atoms with Crippen molar-refractivity contribution in [2.75, 3.05) is 13.1 Å². The van der Waals surface area contributed by atoms with Gasteiger partial charge in [0.2, 0.25) is 0 Å². The molecule has 2 aromatic heterocycles. The van der Waals surface area contributed by atoms with Gasteiger partial charge in [-0.15, -0.1) is 0 Å². The monoisotopic (exact) mass is 818 g/mol. The standard InChI is InChI=1S/C30H32F3N5O.C2H6.CH3.U/c1-19-5-4-10-36(15-19)16-21-13-25(30(31,32)33)27-18-37(29(39)38(27)17-21)24-7-3-6-22(14-24)28(23-11-20(2)12-23)26-8-9-34-35-26;1-2;;/h3,6-9,13-14,17-19,23,28H,4-5,10-12,15-16H2,1-2H3;1-2H3;1H3;/q-1;;-1;+2/t19-,28-;;;/m0.../s1. The number of imidazole rings is 1. The van der Waals surface area contributed by atoms with Gasteiger partial charge in [-0.3, -0.25) is 13.9 Å². The van der Waals surface area contributed by atoms with Crippen LogP contribution in [0, 0.1) is 62.3 Å². The summed E-state index contributed by atoms with van der Waals surface area (Å²) in [7, 11) is 0. The van der Waals surface area contributed by atoms with Gasteiger partial charge in [-0.2, -0.15) is 43.2 Å². The molecule has 43 heavy (non-hydrogen) atoms. The third kappa shape index (κ3) is 7.57. The zero-order chi connectivity index (χ0) is 29.3. The van der Waals surface area contributed by atoms with Crippen LogP contribution < -0.4 is 5.69 Å². The van der Waals surface area contributed by atoms with Gasteiger partial charge in [0, 0.05) is 37.6 Å². The number of azo groups is 1. The summed E-state index contributed by atoms with van der Waals surface area (Å²) in [5, 5.41) is 8.33. The minimum atomic E-state index is -4.59. The second-order valence-corrected chi connectivity index (χ2v) is 11.4. The first-order chi connectivity index (χ1) is 19.7. The van der Waals surface area contributed by atoms with Gasteiger partial charge in [0.05, 0.1) is 16.8 Å². The van der Waals surface area contributed by atoms with Crippen LogP contribution in [0.4, 0.5) is 13.2 Å². The Morgan fingerprint density at radius 1 is 1.14 bits per heavy atom. The summed E-state index contributed by atoms with van der Waals surface area (Å²) >= 11 is 0. The van der Waals surface area contributed by atoms with Crippen LogP contribution in [0.15, 0.2) is 70.0 Å². The normalized spacial score (nSPS) is 20.2. The number of nitrogens with zero attached hydrogens (tertiary/aromatic N) is 5. The van der Waals surface area contributed by atoms with E-state index in [0.29, 0.717) is 29.6 Å². The average Bonchev–Trinajstić information content (AvgIpc) is 3.57. The number of benzene rings is 1. The summed E-state index contributed by atoms with van der Waals surface area (Å²) in [4.78, 5) is 15.8. The van der Waals surface area contributed by atoms with E-state index in [4.69, 9.17) is 0 Å². The van der Waals surface area contributed by atoms with Crippen LogP contribution in [-0.4, -0.2) is 27.0 Å². The van der Waals surface area contributed by atoms with Crippen LogP contribution in [0.2, 0.25) is 0 Å². The van der Waals surface area contributed by atoms with Gasteiger partial charge >= 0.3 is 43.0 Å². The van der Waals surface area contributed by atoms with Crippen LogP contribution in [0.3, 0.4) is 0 Å². The molecule has 1 saturated heterocycles. The van der Waals surface area contributed by atoms with E-state index >= 15 is 0 Å². The Morgan fingerprint density at radius 2 is 1.88 bits per heavy atom. The zero-order valence-electron chi connectivity index (χ0n) is 25.7. The van der Waals surface area contributed by atoms with Crippen molar-refractivity contribution < 1.29 is 44.3 Å². The molecule has 3 aliphatic rings. The van der Waals surface area contributed by atoms with Crippen molar-refractivity contribution in [2.45, 2.75) is 72.0 Å². The fraction of sp³-hybridized carbons (Fsp3) is 0.455. The molecule has 1 aromatic carbocycles. The third-order valence-electron chi connectivity index (χ3n) is 8.28. The minimum Gasteiger partial charge on any atom is -0.358 e. The van der Waals surface area contributed by atoms with Gasteiger partial charge in [-0.1, -0.05) is 38.8 Å². The second-order valence-electron chi connectivity index (χ2n) is 11.4. The number of piperidine rings is 1. The van der Waals surface area contributed by atoms with E-state index in [0.717, 1.165) is 54.8 Å². The number of hydrogen-bond acceptors (Lipinski definition) is 4. The predicted octanol–water partition coefficient (Wildman–Crippen LogP) is 8.42. The molecule has 2 atom stereocenters. The fourth-order valence-electron chi connectivity index (χ4n) is 6.46. The molecule has 0 bridgehead atoms. The van der Waals surface area contributed by atoms with Crippen LogP contribution >= 0.6 is 0 Å². The molecule has 2 fully saturated rings. The molecule has 0 amide bonds. The van der Waals surface area contributed by atoms with Crippen molar-refractivity contribution in [1.82, 2.24) is 13.9 Å². The first-order valence-electron chi connectivity index (χ1n) is 14.6. The summed E-state index contributed by atoms with van der Waals surface area (Å²) in [6.45, 7) is 10.4. The molecule has 6 nitrogen and oxygen atoms in total. The van der Waals surface area contributed by atoms with Gasteiger partial charge in [0.1, 0.15) is 6.04 Å². The molecule has 0 N–H and O–H groups in total. The summed E-state index contributed by atoms with van der Waals surface area (Å²) in [5.41, 5.74) is 0.552. The Hall–Kier alpha value is -2.15. The number of rotatable bonds is 6. The summed E-state index contributed by atoms with van der Waals surface area (Å²) in [6, 6.07) is 9.59. The maximum absolute atomic E-state index is 14.2. The van der Waals surface area contributed by atoms with E-state index in [1.54, 1.807) is 18.5 Å². The predicted molar refractivity (Wildman–Crippen MR) is 161 cm³/mol. The van der Waals surface area contributed by atoms with Gasteiger partial charge in [-0.05, 0) is 60.7 Å². The van der Waals surface area contributed by atoms with E-state index in [1.165, 1.54) is 22.7 Å². The number of fused-ring (bicyclic) bond motifs is 1. The number of halogens is 3. The van der Waals surface area contributed by atoms with Gasteiger partial charge < -0.3 is 13.3 Å². The van der Waals surface area contributed by atoms with Gasteiger partial charge in [-0.25, -0.2) is 4.79 Å². The van der Waals surface area contributed by atoms with Crippen molar-refractivity contribution in [1.29, 1.82) is 0 Å². The zero-order valence-corrected chi connectivity index (χ0v) is 29.8. The first-order valence-corrected chi connectivity index (χ1v) is 14.6. The van der Waals surface area contributed by atoms with E-state index in [1.807, 2.05) is 38.1 Å². The maximum atomic E-state index is 14.2. The van der Waals surface area contributed by atoms with Crippen molar-refractivity contribution in [3.05, 3.63) is 102 Å². The SMILES string of the molecule is CC.C[C-]1CC([C@@H]([C]2C=CN=N2)c2cccc(-n3cc4c(C(F)(F)F)cc(CN5CCC[C@H](C)C5)cn4c3=O)c2)C1.[CH3-].[U+2]. The summed E-state index contributed by atoms with van der Waals surface area (Å²) in [6.07, 6.45) is 6.02. The van der Waals surface area contributed by atoms with Crippen LogP contribution in [0.25, 0.3) is 11.2 Å². The largest absolute Gasteiger partial charge is 2.00 e. The number of aromatic nitrogens is 2. The Labute approximate surface area is 276 Å². The molecule has 1 saturated carbocycles. The summed E-state index contributed by atoms with van der Waals surface area (Å²) in [5.74, 6) is 2.32. The molecule has 4 heterocycles. The Morgan fingerprint density at radius 3 is 2.51 bits per heavy atom. The topological polar surface area (TPSA) is 54.4 Å². The Kier molecular flexibility index (Phi) is 12.1. The molecule has 3 aromatic rings. The van der Waals surface area contributed by atoms with E-state index < -0.39 is 17.4 Å². The van der Waals surface area contributed by atoms with Crippen LogP contribution in [-0.2, 0) is 12.7 Å². The molecule has 1 radical (unpaired) electrons. The molecular formula is C33H41F3N5OU. The van der Waals surface area contributed by atoms with E-state index in [9.17, 15) is 18.0 Å². The number of pyridine rings is 1. The first kappa shape index (κ1) is 35.3. The van der Waals surface area contributed by atoms with E-state index in [2.05, 4.69) is 29.0 Å². The average molecular weight is 819 g/mol. The molecule has 6 rings (SSSR count). The third-order valence-corrected chi connectivity index (χ3v) is 8.28. The van der Waals surface area contributed by atoms with Crippen LogP contribution in [0.5, 0.6) is 0 Å². The van der Waals surface area contributed by atoms with Gasteiger partial charge in [0.25, 0.3) is 0 Å². The van der Waals surface area contributed by atoms with Crippen molar-refractivity contribution >= 4 is 5.52 Å². The van der Waals surface area contributed by atoms with Crippen molar-refractivity contribution in [2.24, 2.45) is 22.1 Å². The quantitative estimate of drug-likeness (QED) is 0.235. The molecule has 10 heteroatoms. The smallest absolute Gasteiger partial charge is 0.358 e. The fourth-order valence-corrected chi connectivity index (χ4v) is 6.46. The minimum absolute atomic E-state index is 0. The summed E-state index contributed by atoms with van der Waals surface area (Å²) < 4.78 is 45.1.